The molecule has 3 rings (SSSR count). The molecule has 23 heavy (non-hydrogen) atoms. The van der Waals surface area contributed by atoms with Gasteiger partial charge in [0.15, 0.2) is 0 Å². The lowest BCUT2D eigenvalue weighted by atomic mass is 10.0. The molecule has 1 aliphatic heterocycles. The van der Waals surface area contributed by atoms with E-state index >= 15 is 0 Å². The molecule has 0 amide bonds. The van der Waals surface area contributed by atoms with E-state index in [2.05, 4.69) is 58.5 Å². The SMILES string of the molecule is CSc1cccc(CN(C)c2cc([C@@H]3CCOC3)nc(C)n2)c1. The minimum absolute atomic E-state index is 0.406. The van der Waals surface area contributed by atoms with E-state index < -0.39 is 0 Å². The summed E-state index contributed by atoms with van der Waals surface area (Å²) in [7, 11) is 2.09. The van der Waals surface area contributed by atoms with Gasteiger partial charge >= 0.3 is 0 Å². The van der Waals surface area contributed by atoms with Gasteiger partial charge in [-0.15, -0.1) is 11.8 Å². The molecule has 1 fully saturated rings. The minimum atomic E-state index is 0.406. The summed E-state index contributed by atoms with van der Waals surface area (Å²) in [6.07, 6.45) is 3.15. The Morgan fingerprint density at radius 3 is 2.91 bits per heavy atom. The summed E-state index contributed by atoms with van der Waals surface area (Å²) in [6.45, 7) is 4.41. The van der Waals surface area contributed by atoms with E-state index in [1.54, 1.807) is 11.8 Å². The van der Waals surface area contributed by atoms with Crippen LogP contribution in [0, 0.1) is 6.92 Å². The van der Waals surface area contributed by atoms with Crippen molar-refractivity contribution in [1.82, 2.24) is 9.97 Å². The molecule has 4 nitrogen and oxygen atoms in total. The van der Waals surface area contributed by atoms with Gasteiger partial charge in [-0.05, 0) is 37.3 Å². The molecule has 1 aromatic heterocycles. The first kappa shape index (κ1) is 16.3. The van der Waals surface area contributed by atoms with Crippen molar-refractivity contribution in [2.24, 2.45) is 0 Å². The van der Waals surface area contributed by atoms with Gasteiger partial charge in [0.1, 0.15) is 11.6 Å². The van der Waals surface area contributed by atoms with Crippen LogP contribution in [-0.2, 0) is 11.3 Å². The molecule has 122 valence electrons. The first-order chi connectivity index (χ1) is 11.2. The maximum atomic E-state index is 5.50. The van der Waals surface area contributed by atoms with Crippen molar-refractivity contribution in [3.63, 3.8) is 0 Å². The number of aromatic nitrogens is 2. The molecular weight excluding hydrogens is 306 g/mol. The zero-order chi connectivity index (χ0) is 16.2. The maximum absolute atomic E-state index is 5.50. The number of ether oxygens (including phenoxy) is 1. The van der Waals surface area contributed by atoms with Gasteiger partial charge in [-0.3, -0.25) is 0 Å². The lowest BCUT2D eigenvalue weighted by Gasteiger charge is -2.20. The van der Waals surface area contributed by atoms with Gasteiger partial charge in [0.25, 0.3) is 0 Å². The molecule has 0 saturated carbocycles. The van der Waals surface area contributed by atoms with Crippen LogP contribution in [0.5, 0.6) is 0 Å². The van der Waals surface area contributed by atoms with Gasteiger partial charge in [-0.25, -0.2) is 9.97 Å². The van der Waals surface area contributed by atoms with Crippen LogP contribution >= 0.6 is 11.8 Å². The Morgan fingerprint density at radius 1 is 1.30 bits per heavy atom. The van der Waals surface area contributed by atoms with Crippen LogP contribution in [0.25, 0.3) is 0 Å². The van der Waals surface area contributed by atoms with Crippen molar-refractivity contribution in [1.29, 1.82) is 0 Å². The largest absolute Gasteiger partial charge is 0.381 e. The Hall–Kier alpha value is -1.59. The van der Waals surface area contributed by atoms with Crippen molar-refractivity contribution < 1.29 is 4.74 Å². The number of nitrogens with zero attached hydrogens (tertiary/aromatic N) is 3. The van der Waals surface area contributed by atoms with Gasteiger partial charge in [0, 0.05) is 37.1 Å². The highest BCUT2D eigenvalue weighted by Gasteiger charge is 2.20. The summed E-state index contributed by atoms with van der Waals surface area (Å²) in [5.41, 5.74) is 2.40. The first-order valence-electron chi connectivity index (χ1n) is 7.93. The molecule has 1 aromatic carbocycles. The van der Waals surface area contributed by atoms with Gasteiger partial charge < -0.3 is 9.64 Å². The highest BCUT2D eigenvalue weighted by Crippen LogP contribution is 2.26. The summed E-state index contributed by atoms with van der Waals surface area (Å²) in [4.78, 5) is 12.7. The summed E-state index contributed by atoms with van der Waals surface area (Å²) in [5, 5.41) is 0. The van der Waals surface area contributed by atoms with Crippen molar-refractivity contribution in [2.75, 3.05) is 31.4 Å². The van der Waals surface area contributed by atoms with E-state index in [4.69, 9.17) is 4.74 Å². The lowest BCUT2D eigenvalue weighted by molar-refractivity contribution is 0.193. The average molecular weight is 329 g/mol. The Bertz CT molecular complexity index is 671. The van der Waals surface area contributed by atoms with Crippen molar-refractivity contribution in [2.45, 2.75) is 30.7 Å². The summed E-state index contributed by atoms with van der Waals surface area (Å²) >= 11 is 1.77. The van der Waals surface area contributed by atoms with E-state index in [9.17, 15) is 0 Å². The second kappa shape index (κ2) is 7.32. The standard InChI is InChI=1S/C18H23N3OS/c1-13-19-17(15-7-8-22-12-15)10-18(20-13)21(2)11-14-5-4-6-16(9-14)23-3/h4-6,9-10,15H,7-8,11-12H2,1-3H3/t15-/m1/s1. The summed E-state index contributed by atoms with van der Waals surface area (Å²) in [5.74, 6) is 2.21. The van der Waals surface area contributed by atoms with E-state index in [1.807, 2.05) is 6.92 Å². The van der Waals surface area contributed by atoms with Crippen LogP contribution in [0.2, 0.25) is 0 Å². The third-order valence-electron chi connectivity index (χ3n) is 4.14. The fraction of sp³-hybridized carbons (Fsp3) is 0.444. The molecule has 0 bridgehead atoms. The molecule has 1 aliphatic rings. The molecule has 2 aromatic rings. The third kappa shape index (κ3) is 4.03. The molecule has 2 heterocycles. The number of anilines is 1. The topological polar surface area (TPSA) is 38.2 Å². The fourth-order valence-electron chi connectivity index (χ4n) is 2.87. The predicted octanol–water partition coefficient (Wildman–Crippen LogP) is 3.65. The zero-order valence-corrected chi connectivity index (χ0v) is 14.8. The normalized spacial score (nSPS) is 17.4. The Morgan fingerprint density at radius 2 is 2.17 bits per heavy atom. The van der Waals surface area contributed by atoms with Crippen LogP contribution < -0.4 is 4.90 Å². The molecule has 0 aliphatic carbocycles. The number of aryl methyl sites for hydroxylation is 1. The monoisotopic (exact) mass is 329 g/mol. The number of thioether (sulfide) groups is 1. The predicted molar refractivity (Wildman–Crippen MR) is 95.3 cm³/mol. The number of rotatable bonds is 5. The van der Waals surface area contributed by atoms with Gasteiger partial charge in [0.05, 0.1) is 12.3 Å². The summed E-state index contributed by atoms with van der Waals surface area (Å²) in [6, 6.07) is 10.8. The number of benzene rings is 1. The lowest BCUT2D eigenvalue weighted by Crippen LogP contribution is -2.19. The highest BCUT2D eigenvalue weighted by molar-refractivity contribution is 7.98. The van der Waals surface area contributed by atoms with Crippen LogP contribution in [0.4, 0.5) is 5.82 Å². The van der Waals surface area contributed by atoms with Crippen LogP contribution in [0.1, 0.15) is 29.4 Å². The molecular formula is C18H23N3OS. The van der Waals surface area contributed by atoms with Gasteiger partial charge in [-0.2, -0.15) is 0 Å². The molecule has 5 heteroatoms. The van der Waals surface area contributed by atoms with E-state index in [0.29, 0.717) is 5.92 Å². The van der Waals surface area contributed by atoms with Crippen molar-refractivity contribution >= 4 is 17.6 Å². The molecule has 0 N–H and O–H groups in total. The molecule has 0 spiro atoms. The highest BCUT2D eigenvalue weighted by atomic mass is 32.2. The Kier molecular flexibility index (Phi) is 5.18. The van der Waals surface area contributed by atoms with Crippen LogP contribution in [0.15, 0.2) is 35.2 Å². The molecule has 0 radical (unpaired) electrons. The fourth-order valence-corrected chi connectivity index (χ4v) is 3.36. The zero-order valence-electron chi connectivity index (χ0n) is 14.0. The van der Waals surface area contributed by atoms with E-state index in [0.717, 1.165) is 43.5 Å². The van der Waals surface area contributed by atoms with Gasteiger partial charge in [0.2, 0.25) is 0 Å². The van der Waals surface area contributed by atoms with Crippen LogP contribution in [-0.4, -0.2) is 36.5 Å². The Balaban J connectivity index is 1.79. The second-order valence-electron chi connectivity index (χ2n) is 5.97. The van der Waals surface area contributed by atoms with Crippen molar-refractivity contribution in [3.05, 3.63) is 47.4 Å². The van der Waals surface area contributed by atoms with E-state index in [1.165, 1.54) is 10.5 Å². The number of hydrogen-bond acceptors (Lipinski definition) is 5. The third-order valence-corrected chi connectivity index (χ3v) is 4.86. The van der Waals surface area contributed by atoms with Crippen molar-refractivity contribution in [3.8, 4) is 0 Å². The smallest absolute Gasteiger partial charge is 0.132 e. The Labute approximate surface area is 142 Å². The average Bonchev–Trinajstić information content (AvgIpc) is 3.09. The number of hydrogen-bond donors (Lipinski definition) is 0. The summed E-state index contributed by atoms with van der Waals surface area (Å²) < 4.78 is 5.50. The quantitative estimate of drug-likeness (QED) is 0.783. The maximum Gasteiger partial charge on any atom is 0.132 e. The van der Waals surface area contributed by atoms with Gasteiger partial charge in [-0.1, -0.05) is 12.1 Å². The first-order valence-corrected chi connectivity index (χ1v) is 9.15. The van der Waals surface area contributed by atoms with E-state index in [-0.39, 0.29) is 0 Å². The molecule has 1 saturated heterocycles. The second-order valence-corrected chi connectivity index (χ2v) is 6.85. The molecule has 0 unspecified atom stereocenters. The minimum Gasteiger partial charge on any atom is -0.381 e. The van der Waals surface area contributed by atoms with Crippen LogP contribution in [0.3, 0.4) is 0 Å². The molecule has 1 atom stereocenters.